The Morgan fingerprint density at radius 1 is 1.19 bits per heavy atom. The van der Waals surface area contributed by atoms with Crippen molar-refractivity contribution in [2.45, 2.75) is 42.1 Å². The van der Waals surface area contributed by atoms with E-state index in [9.17, 15) is 28.3 Å². The van der Waals surface area contributed by atoms with Crippen LogP contribution in [0.15, 0.2) is 43.0 Å². The van der Waals surface area contributed by atoms with Gasteiger partial charge in [-0.15, -0.1) is 0 Å². The average Bonchev–Trinajstić information content (AvgIpc) is 3.29. The molecule has 4 atom stereocenters. The first kappa shape index (κ1) is 22.5. The molecular formula is C19H23N5O7S. The topological polar surface area (TPSA) is 194 Å². The Balaban J connectivity index is 1.88. The lowest BCUT2D eigenvalue weighted by molar-refractivity contribution is -0.167. The number of nitrogens with two attached hydrogens (primary N) is 1. The van der Waals surface area contributed by atoms with E-state index in [0.29, 0.717) is 6.42 Å². The van der Waals surface area contributed by atoms with Gasteiger partial charge in [0.15, 0.2) is 17.2 Å². The van der Waals surface area contributed by atoms with E-state index in [1.165, 1.54) is 0 Å². The molecule has 1 aliphatic rings. The summed E-state index contributed by atoms with van der Waals surface area (Å²) >= 11 is 0. The fraction of sp³-hybridized carbons (Fsp3) is 0.421. The van der Waals surface area contributed by atoms with Crippen molar-refractivity contribution in [1.82, 2.24) is 19.5 Å². The molecule has 1 fully saturated rings. The van der Waals surface area contributed by atoms with Crippen LogP contribution in [-0.2, 0) is 27.0 Å². The van der Waals surface area contributed by atoms with Crippen LogP contribution in [0.4, 0.5) is 5.82 Å². The summed E-state index contributed by atoms with van der Waals surface area (Å²) in [5, 5.41) is 31.7. The van der Waals surface area contributed by atoms with Gasteiger partial charge in [0.25, 0.3) is 4.93 Å². The SMILES string of the molecule is Nc1ncnc2c1ncn2[C@]1(CCCc2ccccc2)O[C@H](CO)[C@@H](O)[C@]1(O)S(=O)(=O)O. The first-order chi connectivity index (χ1) is 15.2. The zero-order valence-corrected chi connectivity index (χ0v) is 17.6. The number of nitrogens with zero attached hydrogens (tertiary/aromatic N) is 4. The number of anilines is 1. The van der Waals surface area contributed by atoms with Gasteiger partial charge in [0, 0.05) is 6.42 Å². The second-order valence-corrected chi connectivity index (χ2v) is 9.20. The minimum atomic E-state index is -5.36. The van der Waals surface area contributed by atoms with Gasteiger partial charge in [-0.1, -0.05) is 30.3 Å². The first-order valence-electron chi connectivity index (χ1n) is 9.80. The minimum Gasteiger partial charge on any atom is -0.394 e. The number of aliphatic hydroxyl groups excluding tert-OH is 2. The molecule has 1 aliphatic heterocycles. The van der Waals surface area contributed by atoms with Gasteiger partial charge in [0.2, 0.25) is 0 Å². The molecule has 3 aromatic rings. The van der Waals surface area contributed by atoms with Crippen molar-refractivity contribution in [2.75, 3.05) is 12.3 Å². The Labute approximate surface area is 183 Å². The summed E-state index contributed by atoms with van der Waals surface area (Å²) in [6.45, 7) is -0.816. The Bertz CT molecular complexity index is 1220. The van der Waals surface area contributed by atoms with E-state index in [4.69, 9.17) is 10.5 Å². The Morgan fingerprint density at radius 3 is 2.56 bits per heavy atom. The number of hydrogen-bond acceptors (Lipinski definition) is 10. The third-order valence-electron chi connectivity index (χ3n) is 5.81. The summed E-state index contributed by atoms with van der Waals surface area (Å²) < 4.78 is 41.9. The molecule has 172 valence electrons. The second kappa shape index (κ2) is 8.03. The summed E-state index contributed by atoms with van der Waals surface area (Å²) in [5.41, 5.74) is 4.62. The summed E-state index contributed by atoms with van der Waals surface area (Å²) in [7, 11) is -5.36. The lowest BCUT2D eigenvalue weighted by Crippen LogP contribution is -2.62. The van der Waals surface area contributed by atoms with E-state index in [2.05, 4.69) is 15.0 Å². The number of rotatable bonds is 7. The third kappa shape index (κ3) is 3.25. The summed E-state index contributed by atoms with van der Waals surface area (Å²) in [5.74, 6) is 0.000773. The number of nitrogen functional groups attached to an aromatic ring is 1. The minimum absolute atomic E-state index is 0.000773. The van der Waals surface area contributed by atoms with E-state index in [-0.39, 0.29) is 29.8 Å². The van der Waals surface area contributed by atoms with Gasteiger partial charge in [0.05, 0.1) is 12.9 Å². The number of aromatic nitrogens is 4. The molecule has 12 nitrogen and oxygen atoms in total. The first-order valence-corrected chi connectivity index (χ1v) is 11.2. The van der Waals surface area contributed by atoms with Crippen molar-refractivity contribution in [3.05, 3.63) is 48.5 Å². The Hall–Kier alpha value is -2.68. The smallest absolute Gasteiger partial charge is 0.302 e. The van der Waals surface area contributed by atoms with Crippen LogP contribution in [0.2, 0.25) is 0 Å². The van der Waals surface area contributed by atoms with Crippen LogP contribution in [0.1, 0.15) is 18.4 Å². The summed E-state index contributed by atoms with van der Waals surface area (Å²) in [6, 6.07) is 9.30. The number of hydrogen-bond donors (Lipinski definition) is 5. The summed E-state index contributed by atoms with van der Waals surface area (Å²) in [4.78, 5) is 8.77. The van der Waals surface area contributed by atoms with Crippen LogP contribution < -0.4 is 5.73 Å². The number of fused-ring (bicyclic) bond motifs is 1. The average molecular weight is 465 g/mol. The molecule has 1 saturated heterocycles. The van der Waals surface area contributed by atoms with E-state index >= 15 is 0 Å². The quantitative estimate of drug-likeness (QED) is 0.280. The van der Waals surface area contributed by atoms with Gasteiger partial charge >= 0.3 is 10.1 Å². The van der Waals surface area contributed by atoms with Gasteiger partial charge in [-0.25, -0.2) is 15.0 Å². The van der Waals surface area contributed by atoms with Gasteiger partial charge in [-0.2, -0.15) is 8.42 Å². The molecule has 6 N–H and O–H groups in total. The fourth-order valence-electron chi connectivity index (χ4n) is 4.26. The lowest BCUT2D eigenvalue weighted by Gasteiger charge is -2.40. The van der Waals surface area contributed by atoms with Crippen molar-refractivity contribution in [3.63, 3.8) is 0 Å². The molecule has 1 aromatic carbocycles. The van der Waals surface area contributed by atoms with Gasteiger partial charge < -0.3 is 25.8 Å². The van der Waals surface area contributed by atoms with Gasteiger partial charge in [-0.05, 0) is 18.4 Å². The highest BCUT2D eigenvalue weighted by atomic mass is 32.2. The predicted molar refractivity (Wildman–Crippen MR) is 112 cm³/mol. The Kier molecular flexibility index (Phi) is 5.65. The molecule has 0 bridgehead atoms. The second-order valence-electron chi connectivity index (χ2n) is 7.62. The molecule has 0 spiro atoms. The molecule has 0 unspecified atom stereocenters. The monoisotopic (exact) mass is 465 g/mol. The van der Waals surface area contributed by atoms with E-state index in [0.717, 1.165) is 22.8 Å². The van der Waals surface area contributed by atoms with Crippen molar-refractivity contribution >= 4 is 27.1 Å². The molecule has 32 heavy (non-hydrogen) atoms. The van der Waals surface area contributed by atoms with Crippen LogP contribution in [0.3, 0.4) is 0 Å². The zero-order valence-electron chi connectivity index (χ0n) is 16.8. The van der Waals surface area contributed by atoms with Crippen molar-refractivity contribution in [3.8, 4) is 0 Å². The van der Waals surface area contributed by atoms with Gasteiger partial charge in [-0.3, -0.25) is 9.12 Å². The standard InChI is InChI=1S/C19H23N5O7S/c20-16-14-17(22-10-21-16)24(11-23-14)18(8-4-7-12-5-2-1-3-6-12)19(27,32(28,29)30)15(26)13(9-25)31-18/h1-3,5-6,10-11,13,15,25-27H,4,7-9H2,(H2,20,21,22)(H,28,29,30)/t13-,15-,18-,19+/m1/s1. The molecule has 0 amide bonds. The van der Waals surface area contributed by atoms with Crippen LogP contribution in [0.25, 0.3) is 11.2 Å². The largest absolute Gasteiger partial charge is 0.394 e. The van der Waals surface area contributed by atoms with Gasteiger partial charge in [0.1, 0.15) is 24.1 Å². The maximum Gasteiger partial charge on any atom is 0.302 e. The number of aryl methyl sites for hydroxylation is 1. The normalized spacial score (nSPS) is 28.4. The predicted octanol–water partition coefficient (Wildman–Crippen LogP) is -0.587. The highest BCUT2D eigenvalue weighted by Crippen LogP contribution is 2.50. The Morgan fingerprint density at radius 2 is 1.91 bits per heavy atom. The van der Waals surface area contributed by atoms with Crippen LogP contribution in [0, 0.1) is 0 Å². The van der Waals surface area contributed by atoms with Crippen molar-refractivity contribution in [2.24, 2.45) is 0 Å². The van der Waals surface area contributed by atoms with Crippen LogP contribution in [-0.4, -0.2) is 71.6 Å². The molecular weight excluding hydrogens is 442 g/mol. The van der Waals surface area contributed by atoms with Crippen LogP contribution >= 0.6 is 0 Å². The highest BCUT2D eigenvalue weighted by Gasteiger charge is 2.73. The maximum atomic E-state index is 12.5. The zero-order chi connectivity index (χ0) is 23.1. The van der Waals surface area contributed by atoms with E-state index < -0.39 is 39.6 Å². The lowest BCUT2D eigenvalue weighted by atomic mass is 9.94. The van der Waals surface area contributed by atoms with Crippen LogP contribution in [0.5, 0.6) is 0 Å². The number of aliphatic hydroxyl groups is 3. The fourth-order valence-corrected chi connectivity index (χ4v) is 5.36. The third-order valence-corrected chi connectivity index (χ3v) is 7.15. The van der Waals surface area contributed by atoms with E-state index in [1.807, 2.05) is 30.3 Å². The molecule has 0 radical (unpaired) electrons. The number of ether oxygens (including phenoxy) is 1. The van der Waals surface area contributed by atoms with E-state index in [1.54, 1.807) is 0 Å². The molecule has 2 aromatic heterocycles. The number of benzene rings is 1. The van der Waals surface area contributed by atoms with Crippen molar-refractivity contribution in [1.29, 1.82) is 0 Å². The molecule has 13 heteroatoms. The molecule has 0 saturated carbocycles. The van der Waals surface area contributed by atoms with Crippen molar-refractivity contribution < 1.29 is 33.0 Å². The summed E-state index contributed by atoms with van der Waals surface area (Å²) in [6.07, 6.45) is -0.882. The highest BCUT2D eigenvalue weighted by molar-refractivity contribution is 7.87. The maximum absolute atomic E-state index is 12.5. The molecule has 3 heterocycles. The number of imidazole rings is 1. The molecule has 4 rings (SSSR count). The molecule has 0 aliphatic carbocycles.